The van der Waals surface area contributed by atoms with Crippen molar-refractivity contribution in [2.24, 2.45) is 0 Å². The fourth-order valence-corrected chi connectivity index (χ4v) is 3.54. The number of carbonyl (C=O) groups excluding carboxylic acids is 2. The molecule has 3 heterocycles. The molecule has 0 atom stereocenters. The molecular formula is C24H27N5O4. The van der Waals surface area contributed by atoms with Crippen LogP contribution in [-0.2, 0) is 6.54 Å². The summed E-state index contributed by atoms with van der Waals surface area (Å²) in [4.78, 5) is 33.8. The maximum atomic E-state index is 13.2. The Labute approximate surface area is 192 Å². The molecule has 172 valence electrons. The highest BCUT2D eigenvalue weighted by atomic mass is 16.5. The van der Waals surface area contributed by atoms with Crippen LogP contribution in [0.1, 0.15) is 34.2 Å². The number of nitrogens with zero attached hydrogens (tertiary/aromatic N) is 5. The zero-order valence-electron chi connectivity index (χ0n) is 18.8. The molecule has 1 aromatic carbocycles. The molecule has 0 radical (unpaired) electrons. The molecule has 0 aliphatic carbocycles. The van der Waals surface area contributed by atoms with Gasteiger partial charge in [-0.2, -0.15) is 5.10 Å². The van der Waals surface area contributed by atoms with Gasteiger partial charge in [-0.25, -0.2) is 4.98 Å². The number of aryl methyl sites for hydroxylation is 1. The minimum Gasteiger partial charge on any atom is -0.488 e. The number of para-hydroxylation sites is 2. The van der Waals surface area contributed by atoms with Crippen molar-refractivity contribution in [1.29, 1.82) is 0 Å². The molecular weight excluding hydrogens is 422 g/mol. The summed E-state index contributed by atoms with van der Waals surface area (Å²) >= 11 is 0. The van der Waals surface area contributed by atoms with E-state index < -0.39 is 0 Å². The summed E-state index contributed by atoms with van der Waals surface area (Å²) in [5.41, 5.74) is 0.713. The highest BCUT2D eigenvalue weighted by Gasteiger charge is 2.23. The molecule has 1 aliphatic rings. The van der Waals surface area contributed by atoms with Crippen molar-refractivity contribution >= 4 is 11.8 Å². The molecule has 0 fully saturated rings. The van der Waals surface area contributed by atoms with E-state index in [0.717, 1.165) is 13.0 Å². The Morgan fingerprint density at radius 3 is 2.70 bits per heavy atom. The van der Waals surface area contributed by atoms with Crippen LogP contribution in [0.15, 0.2) is 54.9 Å². The second kappa shape index (κ2) is 10.2. The molecule has 9 heteroatoms. The number of carbonyl (C=O) groups is 2. The van der Waals surface area contributed by atoms with Crippen molar-refractivity contribution in [2.75, 3.05) is 33.3 Å². The van der Waals surface area contributed by atoms with Gasteiger partial charge in [-0.1, -0.05) is 19.1 Å². The molecule has 2 amide bonds. The number of fused-ring (bicyclic) bond motifs is 2. The summed E-state index contributed by atoms with van der Waals surface area (Å²) in [6, 6.07) is 12.3. The second-order valence-electron chi connectivity index (χ2n) is 7.74. The van der Waals surface area contributed by atoms with E-state index in [9.17, 15) is 9.59 Å². The average Bonchev–Trinajstić information content (AvgIpc) is 3.30. The first kappa shape index (κ1) is 22.3. The van der Waals surface area contributed by atoms with Gasteiger partial charge < -0.3 is 19.3 Å². The molecule has 1 aliphatic heterocycles. The fraction of sp³-hybridized carbons (Fsp3) is 0.333. The number of benzene rings is 1. The third-order valence-corrected chi connectivity index (χ3v) is 5.33. The maximum absolute atomic E-state index is 13.2. The number of rotatable bonds is 3. The van der Waals surface area contributed by atoms with E-state index in [1.165, 1.54) is 0 Å². The van der Waals surface area contributed by atoms with Gasteiger partial charge in [0.2, 0.25) is 5.88 Å². The molecule has 0 spiro atoms. The Morgan fingerprint density at radius 2 is 1.88 bits per heavy atom. The molecule has 33 heavy (non-hydrogen) atoms. The lowest BCUT2D eigenvalue weighted by Crippen LogP contribution is -2.41. The van der Waals surface area contributed by atoms with Gasteiger partial charge in [0.05, 0.1) is 6.54 Å². The summed E-state index contributed by atoms with van der Waals surface area (Å²) < 4.78 is 13.7. The van der Waals surface area contributed by atoms with Gasteiger partial charge in [0.1, 0.15) is 17.9 Å². The number of hydrogen-bond donors (Lipinski definition) is 0. The normalized spacial score (nSPS) is 14.7. The smallest absolute Gasteiger partial charge is 0.274 e. The highest BCUT2D eigenvalue weighted by molar-refractivity contribution is 5.96. The minimum atomic E-state index is -0.240. The Bertz CT molecular complexity index is 1130. The van der Waals surface area contributed by atoms with Crippen LogP contribution >= 0.6 is 0 Å². The largest absolute Gasteiger partial charge is 0.488 e. The number of hydrogen-bond acceptors (Lipinski definition) is 6. The van der Waals surface area contributed by atoms with Gasteiger partial charge in [-0.05, 0) is 36.8 Å². The Hall–Kier alpha value is -3.88. The van der Waals surface area contributed by atoms with E-state index in [1.807, 2.05) is 12.1 Å². The van der Waals surface area contributed by atoms with Crippen LogP contribution in [0.5, 0.6) is 17.4 Å². The standard InChI is InChI=1S/C24H27N5O4/c1-3-12-29-13-10-19(26-29)24(31)28-15-14-27(2)23(30)18-7-6-11-25-22(18)33-21-9-5-4-8-20(21)32-17-16-28/h4-11,13H,3,12,14-17H2,1-2H3. The van der Waals surface area contributed by atoms with Crippen molar-refractivity contribution in [3.63, 3.8) is 0 Å². The highest BCUT2D eigenvalue weighted by Crippen LogP contribution is 2.32. The zero-order chi connectivity index (χ0) is 23.2. The number of ether oxygens (including phenoxy) is 2. The predicted molar refractivity (Wildman–Crippen MR) is 122 cm³/mol. The van der Waals surface area contributed by atoms with Crippen LogP contribution in [0.25, 0.3) is 0 Å². The van der Waals surface area contributed by atoms with Crippen molar-refractivity contribution in [3.8, 4) is 17.4 Å². The van der Waals surface area contributed by atoms with Crippen LogP contribution < -0.4 is 9.47 Å². The van der Waals surface area contributed by atoms with E-state index in [-0.39, 0.29) is 24.3 Å². The van der Waals surface area contributed by atoms with Crippen LogP contribution in [0.3, 0.4) is 0 Å². The van der Waals surface area contributed by atoms with Crippen molar-refractivity contribution in [2.45, 2.75) is 19.9 Å². The first-order chi connectivity index (χ1) is 16.1. The molecule has 9 nitrogen and oxygen atoms in total. The van der Waals surface area contributed by atoms with Gasteiger partial charge in [0, 0.05) is 39.1 Å². The fourth-order valence-electron chi connectivity index (χ4n) is 3.54. The molecule has 0 saturated carbocycles. The Balaban J connectivity index is 1.62. The predicted octanol–water partition coefficient (Wildman–Crippen LogP) is 3.09. The number of aromatic nitrogens is 3. The van der Waals surface area contributed by atoms with E-state index in [2.05, 4.69) is 17.0 Å². The molecule has 4 rings (SSSR count). The van der Waals surface area contributed by atoms with Crippen molar-refractivity contribution in [1.82, 2.24) is 24.6 Å². The van der Waals surface area contributed by atoms with E-state index in [0.29, 0.717) is 42.4 Å². The van der Waals surface area contributed by atoms with Gasteiger partial charge >= 0.3 is 0 Å². The van der Waals surface area contributed by atoms with E-state index in [1.54, 1.807) is 64.3 Å². The lowest BCUT2D eigenvalue weighted by atomic mass is 10.2. The maximum Gasteiger partial charge on any atom is 0.274 e. The van der Waals surface area contributed by atoms with E-state index >= 15 is 0 Å². The first-order valence-electron chi connectivity index (χ1n) is 11.0. The van der Waals surface area contributed by atoms with Gasteiger partial charge in [0.25, 0.3) is 11.8 Å². The van der Waals surface area contributed by atoms with Crippen LogP contribution in [0.2, 0.25) is 0 Å². The first-order valence-corrected chi connectivity index (χ1v) is 11.0. The Kier molecular flexibility index (Phi) is 6.87. The summed E-state index contributed by atoms with van der Waals surface area (Å²) in [7, 11) is 1.70. The van der Waals surface area contributed by atoms with Crippen LogP contribution in [0.4, 0.5) is 0 Å². The lowest BCUT2D eigenvalue weighted by molar-refractivity contribution is 0.0664. The third kappa shape index (κ3) is 5.14. The minimum absolute atomic E-state index is 0.198. The third-order valence-electron chi connectivity index (χ3n) is 5.33. The molecule has 3 aromatic rings. The summed E-state index contributed by atoms with van der Waals surface area (Å²) in [6.45, 7) is 4.07. The molecule has 0 bridgehead atoms. The van der Waals surface area contributed by atoms with Crippen LogP contribution in [0, 0.1) is 0 Å². The number of amides is 2. The number of likely N-dealkylation sites (N-methyl/N-ethyl adjacent to an activating group) is 1. The number of pyridine rings is 1. The molecule has 0 unspecified atom stereocenters. The van der Waals surface area contributed by atoms with Gasteiger partial charge in [0.15, 0.2) is 11.5 Å². The summed E-state index contributed by atoms with van der Waals surface area (Å²) in [6.07, 6.45) is 4.31. The van der Waals surface area contributed by atoms with Gasteiger partial charge in [-0.15, -0.1) is 0 Å². The Morgan fingerprint density at radius 1 is 1.06 bits per heavy atom. The summed E-state index contributed by atoms with van der Waals surface area (Å²) in [5, 5.41) is 4.40. The second-order valence-corrected chi connectivity index (χ2v) is 7.74. The monoisotopic (exact) mass is 449 g/mol. The molecule has 0 saturated heterocycles. The van der Waals surface area contributed by atoms with Crippen molar-refractivity contribution in [3.05, 3.63) is 66.1 Å². The quantitative estimate of drug-likeness (QED) is 0.611. The molecule has 0 N–H and O–H groups in total. The van der Waals surface area contributed by atoms with Crippen LogP contribution in [-0.4, -0.2) is 69.7 Å². The average molecular weight is 450 g/mol. The van der Waals surface area contributed by atoms with Crippen molar-refractivity contribution < 1.29 is 19.1 Å². The SMILES string of the molecule is CCCn1ccc(C(=O)N2CCOc3ccccc3Oc3ncccc3C(=O)N(C)CC2)n1. The topological polar surface area (TPSA) is 89.8 Å². The lowest BCUT2D eigenvalue weighted by Gasteiger charge is -2.25. The van der Waals surface area contributed by atoms with E-state index in [4.69, 9.17) is 9.47 Å². The zero-order valence-corrected chi connectivity index (χ0v) is 18.8. The summed E-state index contributed by atoms with van der Waals surface area (Å²) in [5.74, 6) is 0.724. The van der Waals surface area contributed by atoms with Gasteiger partial charge in [-0.3, -0.25) is 14.3 Å². The molecule has 2 aromatic heterocycles.